The lowest BCUT2D eigenvalue weighted by atomic mass is 9.85. The van der Waals surface area contributed by atoms with E-state index < -0.39 is 11.7 Å². The molecule has 1 amide bonds. The molecule has 10 heteroatoms. The lowest BCUT2D eigenvalue weighted by Gasteiger charge is -2.28. The topological polar surface area (TPSA) is 78.9 Å². The van der Waals surface area contributed by atoms with Crippen LogP contribution in [0.25, 0.3) is 0 Å². The van der Waals surface area contributed by atoms with Gasteiger partial charge in [-0.15, -0.1) is 0 Å². The van der Waals surface area contributed by atoms with Crippen LogP contribution in [0.1, 0.15) is 36.8 Å². The van der Waals surface area contributed by atoms with Crippen LogP contribution in [0.4, 0.5) is 24.9 Å². The summed E-state index contributed by atoms with van der Waals surface area (Å²) < 4.78 is 39.2. The Kier molecular flexibility index (Phi) is 7.02. The predicted octanol–water partition coefficient (Wildman–Crippen LogP) is 4.48. The van der Waals surface area contributed by atoms with Crippen LogP contribution in [0, 0.1) is 5.92 Å². The van der Waals surface area contributed by atoms with Crippen LogP contribution >= 0.6 is 11.6 Å². The van der Waals surface area contributed by atoms with E-state index in [1.807, 2.05) is 0 Å². The summed E-state index contributed by atoms with van der Waals surface area (Å²) in [4.78, 5) is 20.9. The van der Waals surface area contributed by atoms with Crippen LogP contribution in [-0.4, -0.2) is 29.0 Å². The van der Waals surface area contributed by atoms with E-state index in [2.05, 4.69) is 25.9 Å². The zero-order valence-corrected chi connectivity index (χ0v) is 17.1. The molecule has 1 aliphatic rings. The molecule has 2 aromatic rings. The maximum atomic E-state index is 13.1. The SMILES string of the molecule is CNc1cc(Cl)nc(N[C@H]2CC[C@@H](C(=O)NCc3ccccc3C(F)(F)F)CC2)n1. The number of nitrogens with one attached hydrogen (secondary N) is 3. The summed E-state index contributed by atoms with van der Waals surface area (Å²) in [6, 6.07) is 6.99. The van der Waals surface area contributed by atoms with Crippen molar-refractivity contribution in [3.8, 4) is 0 Å². The molecule has 1 fully saturated rings. The molecule has 1 aromatic heterocycles. The highest BCUT2D eigenvalue weighted by Crippen LogP contribution is 2.32. The summed E-state index contributed by atoms with van der Waals surface area (Å²) in [7, 11) is 1.74. The molecule has 3 rings (SSSR count). The molecule has 162 valence electrons. The number of benzene rings is 1. The normalized spacial score (nSPS) is 19.2. The largest absolute Gasteiger partial charge is 0.416 e. The average Bonchev–Trinajstić information content (AvgIpc) is 2.71. The Morgan fingerprint density at radius 3 is 2.53 bits per heavy atom. The van der Waals surface area contributed by atoms with E-state index in [1.54, 1.807) is 13.1 Å². The first-order chi connectivity index (χ1) is 14.3. The van der Waals surface area contributed by atoms with Crippen LogP contribution in [0.5, 0.6) is 0 Å². The molecule has 0 atom stereocenters. The first-order valence-corrected chi connectivity index (χ1v) is 10.1. The summed E-state index contributed by atoms with van der Waals surface area (Å²) in [6.45, 7) is -0.143. The number of carbonyl (C=O) groups is 1. The van der Waals surface area contributed by atoms with Crippen molar-refractivity contribution >= 4 is 29.3 Å². The second kappa shape index (κ2) is 9.51. The quantitative estimate of drug-likeness (QED) is 0.576. The molecule has 0 bridgehead atoms. The van der Waals surface area contributed by atoms with E-state index >= 15 is 0 Å². The maximum absolute atomic E-state index is 13.1. The van der Waals surface area contributed by atoms with Crippen molar-refractivity contribution in [2.24, 2.45) is 5.92 Å². The van der Waals surface area contributed by atoms with Crippen molar-refractivity contribution in [2.45, 2.75) is 44.4 Å². The average molecular weight is 442 g/mol. The first kappa shape index (κ1) is 22.1. The molecule has 1 saturated carbocycles. The Morgan fingerprint density at radius 2 is 1.87 bits per heavy atom. The zero-order chi connectivity index (χ0) is 21.7. The van der Waals surface area contributed by atoms with E-state index in [0.717, 1.165) is 18.9 Å². The van der Waals surface area contributed by atoms with Gasteiger partial charge in [0.2, 0.25) is 11.9 Å². The predicted molar refractivity (Wildman–Crippen MR) is 109 cm³/mol. The van der Waals surface area contributed by atoms with Crippen LogP contribution < -0.4 is 16.0 Å². The van der Waals surface area contributed by atoms with Gasteiger partial charge in [0.15, 0.2) is 0 Å². The molecule has 0 spiro atoms. The molecule has 3 N–H and O–H groups in total. The third-order valence-electron chi connectivity index (χ3n) is 5.16. The van der Waals surface area contributed by atoms with Crippen molar-refractivity contribution < 1.29 is 18.0 Å². The number of aromatic nitrogens is 2. The highest BCUT2D eigenvalue weighted by atomic mass is 35.5. The number of nitrogens with zero attached hydrogens (tertiary/aromatic N) is 2. The summed E-state index contributed by atoms with van der Waals surface area (Å²) >= 11 is 5.98. The monoisotopic (exact) mass is 441 g/mol. The molecule has 0 unspecified atom stereocenters. The van der Waals surface area contributed by atoms with E-state index in [9.17, 15) is 18.0 Å². The number of hydrogen-bond donors (Lipinski definition) is 3. The number of anilines is 2. The minimum absolute atomic E-state index is 0.0622. The number of rotatable bonds is 6. The first-order valence-electron chi connectivity index (χ1n) is 9.68. The van der Waals surface area contributed by atoms with Gasteiger partial charge in [0.05, 0.1) is 5.56 Å². The number of amides is 1. The maximum Gasteiger partial charge on any atom is 0.416 e. The minimum atomic E-state index is -4.44. The van der Waals surface area contributed by atoms with Crippen molar-refractivity contribution in [3.63, 3.8) is 0 Å². The Balaban J connectivity index is 1.51. The van der Waals surface area contributed by atoms with Crippen molar-refractivity contribution in [2.75, 3.05) is 17.7 Å². The number of carbonyl (C=O) groups excluding carboxylic acids is 1. The lowest BCUT2D eigenvalue weighted by Crippen LogP contribution is -2.36. The van der Waals surface area contributed by atoms with Gasteiger partial charge in [-0.05, 0) is 37.3 Å². The summed E-state index contributed by atoms with van der Waals surface area (Å²) in [6.07, 6.45) is -1.74. The number of halogens is 4. The van der Waals surface area contributed by atoms with Crippen molar-refractivity contribution in [1.29, 1.82) is 0 Å². The second-order valence-electron chi connectivity index (χ2n) is 7.22. The summed E-state index contributed by atoms with van der Waals surface area (Å²) in [5.74, 6) is 0.573. The molecule has 0 saturated heterocycles. The molecule has 6 nitrogen and oxygen atoms in total. The van der Waals surface area contributed by atoms with Gasteiger partial charge in [0, 0.05) is 31.6 Å². The molecular formula is C20H23ClF3N5O. The van der Waals surface area contributed by atoms with Gasteiger partial charge >= 0.3 is 6.18 Å². The Hall–Kier alpha value is -2.55. The van der Waals surface area contributed by atoms with E-state index in [4.69, 9.17) is 11.6 Å². The Morgan fingerprint density at radius 1 is 1.17 bits per heavy atom. The Labute approximate surface area is 177 Å². The van der Waals surface area contributed by atoms with Crippen LogP contribution in [0.2, 0.25) is 5.15 Å². The molecule has 0 radical (unpaired) electrons. The van der Waals surface area contributed by atoms with Crippen molar-refractivity contribution in [1.82, 2.24) is 15.3 Å². The fourth-order valence-corrected chi connectivity index (χ4v) is 3.75. The third-order valence-corrected chi connectivity index (χ3v) is 5.35. The molecule has 1 aromatic carbocycles. The van der Waals surface area contributed by atoms with Gasteiger partial charge in [-0.2, -0.15) is 18.2 Å². The van der Waals surface area contributed by atoms with Gasteiger partial charge in [0.25, 0.3) is 0 Å². The summed E-state index contributed by atoms with van der Waals surface area (Å²) in [5.41, 5.74) is -0.659. The van der Waals surface area contributed by atoms with Gasteiger partial charge in [-0.3, -0.25) is 4.79 Å². The fourth-order valence-electron chi connectivity index (χ4n) is 3.57. The lowest BCUT2D eigenvalue weighted by molar-refractivity contribution is -0.138. The number of alkyl halides is 3. The van der Waals surface area contributed by atoms with Gasteiger partial charge in [-0.1, -0.05) is 29.8 Å². The smallest absolute Gasteiger partial charge is 0.373 e. The molecule has 1 aliphatic carbocycles. The highest BCUT2D eigenvalue weighted by molar-refractivity contribution is 6.29. The van der Waals surface area contributed by atoms with Gasteiger partial charge < -0.3 is 16.0 Å². The molecular weight excluding hydrogens is 419 g/mol. The van der Waals surface area contributed by atoms with E-state index in [1.165, 1.54) is 18.2 Å². The molecule has 0 aliphatic heterocycles. The third kappa shape index (κ3) is 5.75. The molecule has 1 heterocycles. The van der Waals surface area contributed by atoms with Crippen LogP contribution in [0.15, 0.2) is 30.3 Å². The van der Waals surface area contributed by atoms with E-state index in [-0.39, 0.29) is 30.0 Å². The van der Waals surface area contributed by atoms with Crippen LogP contribution in [-0.2, 0) is 17.5 Å². The highest BCUT2D eigenvalue weighted by Gasteiger charge is 2.33. The second-order valence-corrected chi connectivity index (χ2v) is 7.60. The summed E-state index contributed by atoms with van der Waals surface area (Å²) in [5, 5.41) is 9.13. The Bertz CT molecular complexity index is 885. The molecule has 30 heavy (non-hydrogen) atoms. The van der Waals surface area contributed by atoms with Crippen molar-refractivity contribution in [3.05, 3.63) is 46.6 Å². The minimum Gasteiger partial charge on any atom is -0.373 e. The van der Waals surface area contributed by atoms with Gasteiger partial charge in [-0.25, -0.2) is 4.98 Å². The van der Waals surface area contributed by atoms with Crippen LogP contribution in [0.3, 0.4) is 0 Å². The fraction of sp³-hybridized carbons (Fsp3) is 0.450. The standard InChI is InChI=1S/C20H23ClF3N5O/c1-25-17-10-16(21)28-19(29-17)27-14-8-6-12(7-9-14)18(30)26-11-13-4-2-3-5-15(13)20(22,23)24/h2-5,10,12,14H,6-9,11H2,1H3,(H,26,30)(H2,25,27,28,29)/t12-,14+. The zero-order valence-electron chi connectivity index (χ0n) is 16.4. The number of hydrogen-bond acceptors (Lipinski definition) is 5. The van der Waals surface area contributed by atoms with Gasteiger partial charge in [0.1, 0.15) is 11.0 Å². The van der Waals surface area contributed by atoms with E-state index in [0.29, 0.717) is 29.8 Å².